The fraction of sp³-hybridized carbons (Fsp3) is 0.0500. The van der Waals surface area contributed by atoms with Crippen LogP contribution >= 0.6 is 23.2 Å². The Bertz CT molecular complexity index is 897. The van der Waals surface area contributed by atoms with Crippen molar-refractivity contribution < 1.29 is 9.90 Å². The molecule has 0 bridgehead atoms. The number of anilines is 1. The summed E-state index contributed by atoms with van der Waals surface area (Å²) < 4.78 is 0. The smallest absolute Gasteiger partial charge is 0.257 e. The molecule has 0 aliphatic rings. The normalized spacial score (nSPS) is 11.8. The van der Waals surface area contributed by atoms with Gasteiger partial charge >= 0.3 is 0 Å². The highest BCUT2D eigenvalue weighted by Crippen LogP contribution is 2.31. The third-order valence-electron chi connectivity index (χ3n) is 3.79. The van der Waals surface area contributed by atoms with Gasteiger partial charge < -0.3 is 10.4 Å². The Kier molecular flexibility index (Phi) is 5.39. The molecule has 1 atom stereocenters. The molecule has 0 aliphatic carbocycles. The van der Waals surface area contributed by atoms with Gasteiger partial charge in [-0.15, -0.1) is 0 Å². The van der Waals surface area contributed by atoms with Crippen molar-refractivity contribution in [3.05, 3.63) is 99.5 Å². The van der Waals surface area contributed by atoms with E-state index in [-0.39, 0.29) is 5.91 Å². The van der Waals surface area contributed by atoms with Gasteiger partial charge in [0.15, 0.2) is 0 Å². The number of hydrogen-bond donors (Lipinski definition) is 2. The summed E-state index contributed by atoms with van der Waals surface area (Å²) in [6.45, 7) is 0. The van der Waals surface area contributed by atoms with Gasteiger partial charge in [0.25, 0.3) is 5.91 Å². The summed E-state index contributed by atoms with van der Waals surface area (Å²) in [6.07, 6.45) is -0.915. The van der Waals surface area contributed by atoms with E-state index in [4.69, 9.17) is 23.2 Å². The van der Waals surface area contributed by atoms with Gasteiger partial charge in [-0.2, -0.15) is 0 Å². The number of rotatable bonds is 4. The van der Waals surface area contributed by atoms with E-state index < -0.39 is 6.10 Å². The average molecular weight is 372 g/mol. The zero-order valence-electron chi connectivity index (χ0n) is 13.1. The molecule has 0 saturated heterocycles. The minimum Gasteiger partial charge on any atom is -0.384 e. The minimum absolute atomic E-state index is 0.352. The molecule has 25 heavy (non-hydrogen) atoms. The first-order chi connectivity index (χ1) is 12.1. The van der Waals surface area contributed by atoms with Crippen molar-refractivity contribution in [3.63, 3.8) is 0 Å². The predicted octanol–water partition coefficient (Wildman–Crippen LogP) is 5.33. The first-order valence-corrected chi connectivity index (χ1v) is 8.40. The summed E-state index contributed by atoms with van der Waals surface area (Å²) in [6, 6.07) is 20.9. The average Bonchev–Trinajstić information content (AvgIpc) is 2.63. The zero-order valence-corrected chi connectivity index (χ0v) is 14.6. The number of nitrogens with one attached hydrogen (secondary N) is 1. The molecule has 0 spiro atoms. The Labute approximate surface area is 155 Å². The molecule has 0 aromatic heterocycles. The van der Waals surface area contributed by atoms with Crippen LogP contribution in [0.4, 0.5) is 5.69 Å². The molecule has 1 amide bonds. The van der Waals surface area contributed by atoms with Gasteiger partial charge in [-0.25, -0.2) is 0 Å². The second-order valence-electron chi connectivity index (χ2n) is 5.48. The number of amides is 1. The molecule has 3 nitrogen and oxygen atoms in total. The molecule has 0 heterocycles. The number of carbonyl (C=O) groups excluding carboxylic acids is 1. The highest BCUT2D eigenvalue weighted by Gasteiger charge is 2.18. The van der Waals surface area contributed by atoms with E-state index in [0.717, 1.165) is 0 Å². The quantitative estimate of drug-likeness (QED) is 0.651. The van der Waals surface area contributed by atoms with Crippen molar-refractivity contribution in [2.45, 2.75) is 6.10 Å². The van der Waals surface area contributed by atoms with Crippen LogP contribution in [0.15, 0.2) is 72.8 Å². The maximum Gasteiger partial charge on any atom is 0.257 e. The number of benzene rings is 3. The van der Waals surface area contributed by atoms with E-state index in [9.17, 15) is 9.90 Å². The van der Waals surface area contributed by atoms with Gasteiger partial charge in [0.05, 0.1) is 10.6 Å². The zero-order chi connectivity index (χ0) is 17.8. The van der Waals surface area contributed by atoms with Crippen molar-refractivity contribution in [2.24, 2.45) is 0 Å². The van der Waals surface area contributed by atoms with Crippen molar-refractivity contribution in [1.82, 2.24) is 0 Å². The third kappa shape index (κ3) is 4.02. The molecular formula is C20H15Cl2NO2. The summed E-state index contributed by atoms with van der Waals surface area (Å²) in [5.74, 6) is -0.352. The molecule has 0 radical (unpaired) electrons. The minimum atomic E-state index is -0.915. The lowest BCUT2D eigenvalue weighted by Gasteiger charge is -2.17. The van der Waals surface area contributed by atoms with E-state index in [1.807, 2.05) is 30.3 Å². The summed E-state index contributed by atoms with van der Waals surface area (Å²) in [4.78, 5) is 12.5. The monoisotopic (exact) mass is 371 g/mol. The highest BCUT2D eigenvalue weighted by molar-refractivity contribution is 6.34. The van der Waals surface area contributed by atoms with Gasteiger partial charge in [-0.1, -0.05) is 65.7 Å². The molecule has 0 aliphatic heterocycles. The van der Waals surface area contributed by atoms with Crippen molar-refractivity contribution in [3.8, 4) is 0 Å². The standard InChI is InChI=1S/C20H15Cl2NO2/c21-14-10-11-18(23-20(25)15-8-4-5-9-17(15)22)16(12-14)19(24)13-6-2-1-3-7-13/h1-12,19,24H,(H,23,25)/t19-/m1/s1. The lowest BCUT2D eigenvalue weighted by atomic mass is 9.99. The van der Waals surface area contributed by atoms with E-state index in [2.05, 4.69) is 5.32 Å². The number of aliphatic hydroxyl groups excluding tert-OH is 1. The lowest BCUT2D eigenvalue weighted by Crippen LogP contribution is -2.15. The van der Waals surface area contributed by atoms with Crippen LogP contribution in [0.5, 0.6) is 0 Å². The molecule has 5 heteroatoms. The van der Waals surface area contributed by atoms with Crippen molar-refractivity contribution in [1.29, 1.82) is 0 Å². The van der Waals surface area contributed by atoms with Crippen LogP contribution in [0, 0.1) is 0 Å². The van der Waals surface area contributed by atoms with Crippen LogP contribution in [0.2, 0.25) is 10.0 Å². The van der Waals surface area contributed by atoms with Crippen LogP contribution in [-0.2, 0) is 0 Å². The van der Waals surface area contributed by atoms with Crippen LogP contribution in [-0.4, -0.2) is 11.0 Å². The maximum absolute atomic E-state index is 12.5. The largest absolute Gasteiger partial charge is 0.384 e. The number of aliphatic hydroxyl groups is 1. The highest BCUT2D eigenvalue weighted by atomic mass is 35.5. The number of hydrogen-bond acceptors (Lipinski definition) is 2. The molecule has 0 unspecified atom stereocenters. The van der Waals surface area contributed by atoms with Crippen LogP contribution < -0.4 is 5.32 Å². The van der Waals surface area contributed by atoms with Crippen LogP contribution in [0.25, 0.3) is 0 Å². The predicted molar refractivity (Wildman–Crippen MR) is 101 cm³/mol. The Balaban J connectivity index is 1.95. The Morgan fingerprint density at radius 2 is 1.60 bits per heavy atom. The number of halogens is 2. The van der Waals surface area contributed by atoms with Crippen LogP contribution in [0.3, 0.4) is 0 Å². The Morgan fingerprint density at radius 1 is 0.920 bits per heavy atom. The molecule has 126 valence electrons. The SMILES string of the molecule is O=C(Nc1ccc(Cl)cc1[C@H](O)c1ccccc1)c1ccccc1Cl. The fourth-order valence-corrected chi connectivity index (χ4v) is 2.93. The Morgan fingerprint density at radius 3 is 2.32 bits per heavy atom. The first kappa shape index (κ1) is 17.5. The topological polar surface area (TPSA) is 49.3 Å². The van der Waals surface area contributed by atoms with Crippen molar-refractivity contribution in [2.75, 3.05) is 5.32 Å². The molecule has 3 aromatic rings. The van der Waals surface area contributed by atoms with Crippen LogP contribution in [0.1, 0.15) is 27.6 Å². The molecule has 3 rings (SSSR count). The van der Waals surface area contributed by atoms with E-state index >= 15 is 0 Å². The van der Waals surface area contributed by atoms with E-state index in [1.165, 1.54) is 0 Å². The summed E-state index contributed by atoms with van der Waals surface area (Å²) in [5, 5.41) is 14.3. The lowest BCUT2D eigenvalue weighted by molar-refractivity contribution is 0.102. The van der Waals surface area contributed by atoms with Gasteiger partial charge in [0.1, 0.15) is 6.10 Å². The van der Waals surface area contributed by atoms with Gasteiger partial charge in [0, 0.05) is 16.3 Å². The maximum atomic E-state index is 12.5. The van der Waals surface area contributed by atoms with Gasteiger partial charge in [-0.3, -0.25) is 4.79 Å². The molecule has 0 fully saturated rings. The summed E-state index contributed by atoms with van der Waals surface area (Å²) >= 11 is 12.2. The Hall–Kier alpha value is -2.33. The molecule has 2 N–H and O–H groups in total. The first-order valence-electron chi connectivity index (χ1n) is 7.64. The second-order valence-corrected chi connectivity index (χ2v) is 6.32. The molecular weight excluding hydrogens is 357 g/mol. The second kappa shape index (κ2) is 7.70. The number of carbonyl (C=O) groups is 1. The third-order valence-corrected chi connectivity index (χ3v) is 4.35. The summed E-state index contributed by atoms with van der Waals surface area (Å²) in [5.41, 5.74) is 2.06. The fourth-order valence-electron chi connectivity index (χ4n) is 2.52. The van der Waals surface area contributed by atoms with Gasteiger partial charge in [-0.05, 0) is 35.9 Å². The molecule has 3 aromatic carbocycles. The molecule has 0 saturated carbocycles. The van der Waals surface area contributed by atoms with Crippen molar-refractivity contribution >= 4 is 34.8 Å². The van der Waals surface area contributed by atoms with Gasteiger partial charge in [0.2, 0.25) is 0 Å². The summed E-state index contributed by atoms with van der Waals surface area (Å²) in [7, 11) is 0. The van der Waals surface area contributed by atoms with E-state index in [0.29, 0.717) is 32.4 Å². The van der Waals surface area contributed by atoms with E-state index in [1.54, 1.807) is 42.5 Å².